The fourth-order valence-corrected chi connectivity index (χ4v) is 2.70. The molecule has 0 spiro atoms. The van der Waals surface area contributed by atoms with Crippen LogP contribution in [0.5, 0.6) is 11.5 Å². The Bertz CT molecular complexity index is 1040. The lowest BCUT2D eigenvalue weighted by atomic mass is 10.1. The second-order valence-corrected chi connectivity index (χ2v) is 6.47. The summed E-state index contributed by atoms with van der Waals surface area (Å²) in [7, 11) is 1.58. The summed E-state index contributed by atoms with van der Waals surface area (Å²) in [6, 6.07) is 20.2. The number of nitrogens with one attached hydrogen (secondary N) is 2. The van der Waals surface area contributed by atoms with Gasteiger partial charge < -0.3 is 21.1 Å². The second kappa shape index (κ2) is 9.38. The van der Waals surface area contributed by atoms with Gasteiger partial charge in [-0.2, -0.15) is 0 Å². The van der Waals surface area contributed by atoms with Crippen molar-refractivity contribution >= 4 is 17.7 Å². The van der Waals surface area contributed by atoms with E-state index in [2.05, 4.69) is 10.6 Å². The van der Waals surface area contributed by atoms with Crippen LogP contribution in [0.15, 0.2) is 72.8 Å². The monoisotopic (exact) mass is 403 g/mol. The van der Waals surface area contributed by atoms with Gasteiger partial charge in [-0.15, -0.1) is 0 Å². The van der Waals surface area contributed by atoms with Crippen molar-refractivity contribution in [2.75, 3.05) is 7.05 Å². The fraction of sp³-hybridized carbons (Fsp3) is 0.0870. The van der Waals surface area contributed by atoms with Crippen LogP contribution in [0.1, 0.15) is 36.6 Å². The molecule has 0 radical (unpaired) electrons. The Labute approximate surface area is 173 Å². The lowest BCUT2D eigenvalue weighted by Crippen LogP contribution is -2.23. The molecule has 0 aromatic heterocycles. The van der Waals surface area contributed by atoms with Crippen LogP contribution in [0, 0.1) is 0 Å². The number of hydrogen-bond donors (Lipinski definition) is 3. The number of nitrogens with two attached hydrogens (primary N) is 1. The largest absolute Gasteiger partial charge is 0.457 e. The highest BCUT2D eigenvalue weighted by molar-refractivity contribution is 5.95. The molecule has 152 valence electrons. The predicted octanol–water partition coefficient (Wildman–Crippen LogP) is 2.87. The zero-order valence-corrected chi connectivity index (χ0v) is 16.3. The van der Waals surface area contributed by atoms with Crippen LogP contribution in [0.25, 0.3) is 0 Å². The van der Waals surface area contributed by atoms with E-state index in [9.17, 15) is 14.4 Å². The van der Waals surface area contributed by atoms with Gasteiger partial charge >= 0.3 is 0 Å². The molecule has 3 aromatic rings. The first-order valence-electron chi connectivity index (χ1n) is 9.23. The number of carbonyl (C=O) groups is 3. The third kappa shape index (κ3) is 5.23. The summed E-state index contributed by atoms with van der Waals surface area (Å²) in [5, 5.41) is 5.40. The third-order valence-electron chi connectivity index (χ3n) is 4.39. The van der Waals surface area contributed by atoms with Crippen molar-refractivity contribution < 1.29 is 19.1 Å². The molecule has 0 aliphatic carbocycles. The summed E-state index contributed by atoms with van der Waals surface area (Å²) in [5.74, 6) is 0.235. The first kappa shape index (κ1) is 20.6. The lowest BCUT2D eigenvalue weighted by molar-refractivity contribution is 0.0945. The molecule has 4 N–H and O–H groups in total. The molecular formula is C23H21N3O4. The number of benzene rings is 3. The Morgan fingerprint density at radius 3 is 1.70 bits per heavy atom. The highest BCUT2D eigenvalue weighted by Gasteiger charge is 2.08. The van der Waals surface area contributed by atoms with Crippen molar-refractivity contribution in [1.29, 1.82) is 0 Å². The zero-order chi connectivity index (χ0) is 21.5. The Morgan fingerprint density at radius 2 is 1.20 bits per heavy atom. The highest BCUT2D eigenvalue weighted by atomic mass is 16.5. The van der Waals surface area contributed by atoms with E-state index < -0.39 is 5.91 Å². The van der Waals surface area contributed by atoms with E-state index in [-0.39, 0.29) is 11.8 Å². The standard InChI is InChI=1S/C23H21N3O4/c1-25-22(28)17-4-2-15(3-5-17)14-26-23(29)18-8-12-20(13-9-18)30-19-10-6-16(7-11-19)21(24)27/h2-13H,14H2,1H3,(H2,24,27)(H,25,28)(H,26,29). The van der Waals surface area contributed by atoms with E-state index in [0.29, 0.717) is 34.7 Å². The average molecular weight is 403 g/mol. The molecule has 3 aromatic carbocycles. The molecule has 0 aliphatic rings. The Kier molecular flexibility index (Phi) is 6.44. The maximum atomic E-state index is 12.4. The van der Waals surface area contributed by atoms with Crippen LogP contribution in [0.3, 0.4) is 0 Å². The molecule has 7 heteroatoms. The van der Waals surface area contributed by atoms with Crippen molar-refractivity contribution in [1.82, 2.24) is 10.6 Å². The smallest absolute Gasteiger partial charge is 0.251 e. The van der Waals surface area contributed by atoms with Crippen LogP contribution < -0.4 is 21.1 Å². The summed E-state index contributed by atoms with van der Waals surface area (Å²) in [4.78, 5) is 35.0. The van der Waals surface area contributed by atoms with Crippen molar-refractivity contribution in [3.8, 4) is 11.5 Å². The number of primary amides is 1. The Balaban J connectivity index is 1.55. The molecular weight excluding hydrogens is 382 g/mol. The first-order valence-corrected chi connectivity index (χ1v) is 9.23. The van der Waals surface area contributed by atoms with E-state index in [4.69, 9.17) is 10.5 Å². The van der Waals surface area contributed by atoms with Crippen LogP contribution in [0.4, 0.5) is 0 Å². The average Bonchev–Trinajstić information content (AvgIpc) is 2.78. The van der Waals surface area contributed by atoms with Gasteiger partial charge in [0.15, 0.2) is 0 Å². The van der Waals surface area contributed by atoms with Gasteiger partial charge in [-0.25, -0.2) is 0 Å². The molecule has 0 unspecified atom stereocenters. The van der Waals surface area contributed by atoms with Gasteiger partial charge in [0.05, 0.1) is 0 Å². The maximum absolute atomic E-state index is 12.4. The van der Waals surface area contributed by atoms with Crippen molar-refractivity contribution in [3.05, 3.63) is 95.1 Å². The topological polar surface area (TPSA) is 111 Å². The lowest BCUT2D eigenvalue weighted by Gasteiger charge is -2.09. The van der Waals surface area contributed by atoms with Gasteiger partial charge in [0.2, 0.25) is 5.91 Å². The molecule has 30 heavy (non-hydrogen) atoms. The summed E-state index contributed by atoms with van der Waals surface area (Å²) in [5.41, 5.74) is 7.56. The fourth-order valence-electron chi connectivity index (χ4n) is 2.70. The van der Waals surface area contributed by atoms with Crippen LogP contribution in [0.2, 0.25) is 0 Å². The van der Waals surface area contributed by atoms with E-state index in [1.807, 2.05) is 0 Å². The van der Waals surface area contributed by atoms with Crippen LogP contribution >= 0.6 is 0 Å². The number of carbonyl (C=O) groups excluding carboxylic acids is 3. The number of ether oxygens (including phenoxy) is 1. The molecule has 0 fully saturated rings. The quantitative estimate of drug-likeness (QED) is 0.563. The van der Waals surface area contributed by atoms with E-state index in [1.54, 1.807) is 79.8 Å². The second-order valence-electron chi connectivity index (χ2n) is 6.47. The van der Waals surface area contributed by atoms with Gasteiger partial charge in [0.1, 0.15) is 11.5 Å². The zero-order valence-electron chi connectivity index (χ0n) is 16.3. The Morgan fingerprint density at radius 1 is 0.733 bits per heavy atom. The van der Waals surface area contributed by atoms with E-state index in [0.717, 1.165) is 5.56 Å². The molecule has 0 saturated heterocycles. The van der Waals surface area contributed by atoms with Crippen molar-refractivity contribution in [2.24, 2.45) is 5.73 Å². The number of amides is 3. The highest BCUT2D eigenvalue weighted by Crippen LogP contribution is 2.22. The van der Waals surface area contributed by atoms with Crippen LogP contribution in [-0.2, 0) is 6.54 Å². The van der Waals surface area contributed by atoms with Gasteiger partial charge in [-0.1, -0.05) is 12.1 Å². The van der Waals surface area contributed by atoms with E-state index >= 15 is 0 Å². The molecule has 7 nitrogen and oxygen atoms in total. The van der Waals surface area contributed by atoms with Gasteiger partial charge in [0.25, 0.3) is 11.8 Å². The molecule has 0 bridgehead atoms. The Hall–Kier alpha value is -4.13. The summed E-state index contributed by atoms with van der Waals surface area (Å²) in [6.07, 6.45) is 0. The van der Waals surface area contributed by atoms with Gasteiger partial charge in [-0.3, -0.25) is 14.4 Å². The summed E-state index contributed by atoms with van der Waals surface area (Å²) < 4.78 is 5.70. The van der Waals surface area contributed by atoms with Crippen molar-refractivity contribution in [2.45, 2.75) is 6.54 Å². The molecule has 3 rings (SSSR count). The molecule has 0 aliphatic heterocycles. The van der Waals surface area contributed by atoms with Gasteiger partial charge in [-0.05, 0) is 66.2 Å². The first-order chi connectivity index (χ1) is 14.5. The molecule has 0 atom stereocenters. The maximum Gasteiger partial charge on any atom is 0.251 e. The predicted molar refractivity (Wildman–Crippen MR) is 112 cm³/mol. The minimum Gasteiger partial charge on any atom is -0.457 e. The minimum absolute atomic E-state index is 0.156. The normalized spacial score (nSPS) is 10.2. The van der Waals surface area contributed by atoms with Crippen molar-refractivity contribution in [3.63, 3.8) is 0 Å². The van der Waals surface area contributed by atoms with Gasteiger partial charge in [0, 0.05) is 30.3 Å². The summed E-state index contributed by atoms with van der Waals surface area (Å²) >= 11 is 0. The molecule has 0 heterocycles. The number of hydrogen-bond acceptors (Lipinski definition) is 4. The minimum atomic E-state index is -0.501. The molecule has 3 amide bonds. The third-order valence-corrected chi connectivity index (χ3v) is 4.39. The SMILES string of the molecule is CNC(=O)c1ccc(CNC(=O)c2ccc(Oc3ccc(C(N)=O)cc3)cc2)cc1. The molecule has 0 saturated carbocycles. The number of rotatable bonds is 7. The summed E-state index contributed by atoms with van der Waals surface area (Å²) in [6.45, 7) is 0.345. The van der Waals surface area contributed by atoms with Crippen LogP contribution in [-0.4, -0.2) is 24.8 Å². The van der Waals surface area contributed by atoms with E-state index in [1.165, 1.54) is 0 Å².